The molecule has 1 aromatic rings. The first-order valence-corrected chi connectivity index (χ1v) is 8.22. The Morgan fingerprint density at radius 3 is 2.23 bits per heavy atom. The summed E-state index contributed by atoms with van der Waals surface area (Å²) in [5.74, 6) is -0.765. The van der Waals surface area contributed by atoms with Crippen LogP contribution in [0.1, 0.15) is 38.1 Å². The zero-order chi connectivity index (χ0) is 17.5. The van der Waals surface area contributed by atoms with Gasteiger partial charge in [0.25, 0.3) is 0 Å². The molecule has 0 radical (unpaired) electrons. The van der Waals surface area contributed by atoms with E-state index in [1.807, 2.05) is 13.8 Å². The first-order valence-electron chi connectivity index (χ1n) is 6.67. The normalized spacial score (nSPS) is 10.1. The summed E-state index contributed by atoms with van der Waals surface area (Å²) in [7, 11) is -1.22. The van der Waals surface area contributed by atoms with Crippen molar-refractivity contribution in [1.82, 2.24) is 0 Å². The highest BCUT2D eigenvalue weighted by Gasteiger charge is 2.21. The van der Waals surface area contributed by atoms with E-state index in [0.717, 1.165) is 5.71 Å². The minimum Gasteiger partial charge on any atom is -0.465 e. The number of benzene rings is 1. The van der Waals surface area contributed by atoms with E-state index in [9.17, 15) is 13.2 Å². The molecule has 0 unspecified atom stereocenters. The third kappa shape index (κ3) is 5.45. The summed E-state index contributed by atoms with van der Waals surface area (Å²) in [6.45, 7) is 7.61. The van der Waals surface area contributed by atoms with Crippen LogP contribution in [-0.2, 0) is 14.8 Å². The molecular formula is C14H23N3O4S. The van der Waals surface area contributed by atoms with Crippen LogP contribution in [0.4, 0.5) is 5.69 Å². The molecule has 0 fully saturated rings. The van der Waals surface area contributed by atoms with Crippen LogP contribution in [0.5, 0.6) is 0 Å². The summed E-state index contributed by atoms with van der Waals surface area (Å²) >= 11 is 0. The number of hydrazone groups is 1. The lowest BCUT2D eigenvalue weighted by Gasteiger charge is -2.16. The second kappa shape index (κ2) is 8.50. The lowest BCUT2D eigenvalue weighted by molar-refractivity contribution is 0.0596. The number of rotatable bonds is 4. The van der Waals surface area contributed by atoms with Crippen LogP contribution < -0.4 is 10.1 Å². The van der Waals surface area contributed by atoms with Gasteiger partial charge in [-0.2, -0.15) is 5.10 Å². The fourth-order valence-electron chi connectivity index (χ4n) is 1.58. The molecule has 0 spiro atoms. The van der Waals surface area contributed by atoms with E-state index in [1.165, 1.54) is 24.3 Å². The van der Waals surface area contributed by atoms with E-state index >= 15 is 0 Å². The molecule has 1 aromatic carbocycles. The van der Waals surface area contributed by atoms with Gasteiger partial charge >= 0.3 is 5.97 Å². The lowest BCUT2D eigenvalue weighted by Crippen LogP contribution is -2.19. The van der Waals surface area contributed by atoms with Crippen LogP contribution >= 0.6 is 0 Å². The standard InChI is InChI=1S/C12H17N3O4S.C2H6/c1-8(2)14-15(3)9-5-6-10(12(16)19-4)11(7-9)20(13,17)18;1-2/h5-7H,1-4H3,(H2,13,17,18);1-2H3. The number of primary sulfonamides is 1. The van der Waals surface area contributed by atoms with Crippen LogP contribution in [0, 0.1) is 0 Å². The van der Waals surface area contributed by atoms with Gasteiger partial charge in [-0.05, 0) is 32.0 Å². The maximum Gasteiger partial charge on any atom is 0.339 e. The number of anilines is 1. The predicted octanol–water partition coefficient (Wildman–Crippen LogP) is 1.98. The molecule has 0 aliphatic carbocycles. The highest BCUT2D eigenvalue weighted by atomic mass is 32.2. The quantitative estimate of drug-likeness (QED) is 0.517. The Bertz CT molecular complexity index is 650. The van der Waals surface area contributed by atoms with Crippen molar-refractivity contribution >= 4 is 27.4 Å². The molecule has 124 valence electrons. The van der Waals surface area contributed by atoms with E-state index in [0.29, 0.717) is 5.69 Å². The van der Waals surface area contributed by atoms with Crippen LogP contribution in [0.2, 0.25) is 0 Å². The van der Waals surface area contributed by atoms with Gasteiger partial charge < -0.3 is 4.74 Å². The van der Waals surface area contributed by atoms with Crippen molar-refractivity contribution < 1.29 is 17.9 Å². The molecule has 8 heteroatoms. The monoisotopic (exact) mass is 329 g/mol. The molecule has 0 heterocycles. The molecule has 0 aliphatic rings. The third-order valence-electron chi connectivity index (χ3n) is 2.40. The highest BCUT2D eigenvalue weighted by molar-refractivity contribution is 7.89. The highest BCUT2D eigenvalue weighted by Crippen LogP contribution is 2.23. The Kier molecular flexibility index (Phi) is 7.75. The number of esters is 1. The Hall–Kier alpha value is -1.93. The molecule has 22 heavy (non-hydrogen) atoms. The summed E-state index contributed by atoms with van der Waals surface area (Å²) in [6, 6.07) is 4.19. The number of carbonyl (C=O) groups excluding carboxylic acids is 1. The smallest absolute Gasteiger partial charge is 0.339 e. The molecule has 0 aliphatic heterocycles. The Balaban J connectivity index is 0.00000211. The minimum atomic E-state index is -4.05. The average Bonchev–Trinajstić information content (AvgIpc) is 2.46. The number of methoxy groups -OCH3 is 1. The maximum absolute atomic E-state index is 11.6. The van der Waals surface area contributed by atoms with Gasteiger partial charge in [-0.3, -0.25) is 5.01 Å². The van der Waals surface area contributed by atoms with Gasteiger partial charge in [0, 0.05) is 12.8 Å². The van der Waals surface area contributed by atoms with Crippen molar-refractivity contribution in [3.05, 3.63) is 23.8 Å². The number of hydrogen-bond acceptors (Lipinski definition) is 6. The summed E-state index contributed by atoms with van der Waals surface area (Å²) in [5.41, 5.74) is 1.17. The first kappa shape index (κ1) is 20.1. The largest absolute Gasteiger partial charge is 0.465 e. The molecule has 0 aromatic heterocycles. The van der Waals surface area contributed by atoms with Gasteiger partial charge in [0.1, 0.15) is 0 Å². The Labute approximate surface area is 131 Å². The number of hydrogen-bond donors (Lipinski definition) is 1. The van der Waals surface area contributed by atoms with Crippen LogP contribution in [0.3, 0.4) is 0 Å². The molecule has 1 rings (SSSR count). The third-order valence-corrected chi connectivity index (χ3v) is 3.35. The molecule has 0 amide bonds. The number of nitrogens with zero attached hydrogens (tertiary/aromatic N) is 2. The fraction of sp³-hybridized carbons (Fsp3) is 0.429. The summed E-state index contributed by atoms with van der Waals surface area (Å²) in [5, 5.41) is 10.8. The van der Waals surface area contributed by atoms with Gasteiger partial charge in [-0.1, -0.05) is 13.8 Å². The van der Waals surface area contributed by atoms with Crippen LogP contribution in [0.25, 0.3) is 0 Å². The van der Waals surface area contributed by atoms with Crippen LogP contribution in [-0.4, -0.2) is 34.3 Å². The van der Waals surface area contributed by atoms with Gasteiger partial charge in [0.15, 0.2) is 0 Å². The number of carbonyl (C=O) groups is 1. The van der Waals surface area contributed by atoms with Crippen molar-refractivity contribution in [2.75, 3.05) is 19.2 Å². The second-order valence-corrected chi connectivity index (χ2v) is 5.82. The van der Waals surface area contributed by atoms with Crippen molar-refractivity contribution in [3.8, 4) is 0 Å². The Morgan fingerprint density at radius 2 is 1.82 bits per heavy atom. The van der Waals surface area contributed by atoms with Gasteiger partial charge in [0.05, 0.1) is 23.3 Å². The van der Waals surface area contributed by atoms with E-state index in [4.69, 9.17) is 5.14 Å². The maximum atomic E-state index is 11.6. The summed E-state index contributed by atoms with van der Waals surface area (Å²) < 4.78 is 27.7. The summed E-state index contributed by atoms with van der Waals surface area (Å²) in [4.78, 5) is 11.3. The number of nitrogens with two attached hydrogens (primary N) is 1. The van der Waals surface area contributed by atoms with Gasteiger partial charge in [-0.15, -0.1) is 0 Å². The van der Waals surface area contributed by atoms with E-state index in [2.05, 4.69) is 9.84 Å². The molecule has 2 N–H and O–H groups in total. The SMILES string of the molecule is CC.COC(=O)c1ccc(N(C)N=C(C)C)cc1S(N)(=O)=O. The average molecular weight is 329 g/mol. The molecule has 0 bridgehead atoms. The molecule has 0 saturated carbocycles. The zero-order valence-corrected chi connectivity index (χ0v) is 14.6. The number of sulfonamides is 1. The minimum absolute atomic E-state index is 0.107. The second-order valence-electron chi connectivity index (χ2n) is 4.29. The van der Waals surface area contributed by atoms with Crippen LogP contribution in [0.15, 0.2) is 28.2 Å². The molecule has 7 nitrogen and oxygen atoms in total. The Morgan fingerprint density at radius 1 is 1.27 bits per heavy atom. The van der Waals surface area contributed by atoms with E-state index in [-0.39, 0.29) is 10.5 Å². The zero-order valence-electron chi connectivity index (χ0n) is 13.7. The topological polar surface area (TPSA) is 102 Å². The predicted molar refractivity (Wildman–Crippen MR) is 87.7 cm³/mol. The van der Waals surface area contributed by atoms with Crippen molar-refractivity contribution in [2.24, 2.45) is 10.2 Å². The molecule has 0 atom stereocenters. The summed E-state index contributed by atoms with van der Waals surface area (Å²) in [6.07, 6.45) is 0. The fourth-order valence-corrected chi connectivity index (χ4v) is 2.33. The lowest BCUT2D eigenvalue weighted by atomic mass is 10.2. The molecule has 0 saturated heterocycles. The first-order chi connectivity index (χ1) is 10.2. The van der Waals surface area contributed by atoms with Gasteiger partial charge in [0.2, 0.25) is 10.0 Å². The van der Waals surface area contributed by atoms with E-state index < -0.39 is 16.0 Å². The molecular weight excluding hydrogens is 306 g/mol. The van der Waals surface area contributed by atoms with Crippen molar-refractivity contribution in [3.63, 3.8) is 0 Å². The van der Waals surface area contributed by atoms with Crippen molar-refractivity contribution in [1.29, 1.82) is 0 Å². The van der Waals surface area contributed by atoms with Gasteiger partial charge in [-0.25, -0.2) is 18.4 Å². The van der Waals surface area contributed by atoms with E-state index in [1.54, 1.807) is 27.0 Å². The van der Waals surface area contributed by atoms with Crippen molar-refractivity contribution in [2.45, 2.75) is 32.6 Å². The number of ether oxygens (including phenoxy) is 1.